The Kier molecular flexibility index (Phi) is 6.64. The molecule has 1 aromatic rings. The third-order valence-corrected chi connectivity index (χ3v) is 2.90. The lowest BCUT2D eigenvalue weighted by Gasteiger charge is -2.14. The SMILES string of the molecule is CC.CCCc1cccc(C2=CCNCC2)c1. The van der Waals surface area contributed by atoms with Crippen LogP contribution >= 0.6 is 0 Å². The van der Waals surface area contributed by atoms with Gasteiger partial charge in [-0.3, -0.25) is 0 Å². The van der Waals surface area contributed by atoms with Crippen LogP contribution in [0.3, 0.4) is 0 Å². The second-order valence-corrected chi connectivity index (χ2v) is 4.13. The Hall–Kier alpha value is -1.08. The largest absolute Gasteiger partial charge is 0.313 e. The zero-order valence-corrected chi connectivity index (χ0v) is 11.4. The molecular weight excluding hydrogens is 206 g/mol. The van der Waals surface area contributed by atoms with Gasteiger partial charge in [-0.05, 0) is 36.1 Å². The molecule has 0 bridgehead atoms. The molecule has 0 aromatic heterocycles. The van der Waals surface area contributed by atoms with Crippen LogP contribution in [0, 0.1) is 0 Å². The Bertz CT molecular complexity index is 352. The molecule has 0 aliphatic carbocycles. The summed E-state index contributed by atoms with van der Waals surface area (Å²) in [5, 5.41) is 3.35. The lowest BCUT2D eigenvalue weighted by Crippen LogP contribution is -2.20. The number of hydrogen-bond acceptors (Lipinski definition) is 1. The van der Waals surface area contributed by atoms with Crippen molar-refractivity contribution in [2.24, 2.45) is 0 Å². The molecule has 0 saturated heterocycles. The van der Waals surface area contributed by atoms with Crippen LogP contribution in [0.2, 0.25) is 0 Å². The fraction of sp³-hybridized carbons (Fsp3) is 0.500. The Balaban J connectivity index is 0.000000686. The molecule has 0 saturated carbocycles. The Labute approximate surface area is 106 Å². The van der Waals surface area contributed by atoms with Crippen LogP contribution in [0.5, 0.6) is 0 Å². The van der Waals surface area contributed by atoms with E-state index in [0.29, 0.717) is 0 Å². The quantitative estimate of drug-likeness (QED) is 0.827. The average Bonchev–Trinajstić information content (AvgIpc) is 2.43. The molecular formula is C16H25N. The van der Waals surface area contributed by atoms with Crippen LogP contribution in [-0.4, -0.2) is 13.1 Å². The fourth-order valence-electron chi connectivity index (χ4n) is 2.10. The van der Waals surface area contributed by atoms with Crippen LogP contribution in [0.4, 0.5) is 0 Å². The highest BCUT2D eigenvalue weighted by molar-refractivity contribution is 5.67. The molecule has 1 aliphatic heterocycles. The maximum Gasteiger partial charge on any atom is 0.0140 e. The van der Waals surface area contributed by atoms with E-state index in [1.165, 1.54) is 29.5 Å². The fourth-order valence-corrected chi connectivity index (χ4v) is 2.10. The van der Waals surface area contributed by atoms with E-state index in [2.05, 4.69) is 42.6 Å². The van der Waals surface area contributed by atoms with Crippen LogP contribution < -0.4 is 5.32 Å². The molecule has 0 unspecified atom stereocenters. The van der Waals surface area contributed by atoms with Crippen LogP contribution in [0.1, 0.15) is 44.7 Å². The van der Waals surface area contributed by atoms with Gasteiger partial charge in [-0.15, -0.1) is 0 Å². The highest BCUT2D eigenvalue weighted by atomic mass is 14.8. The molecule has 1 nitrogen and oxygen atoms in total. The Morgan fingerprint density at radius 1 is 1.24 bits per heavy atom. The summed E-state index contributed by atoms with van der Waals surface area (Å²) >= 11 is 0. The summed E-state index contributed by atoms with van der Waals surface area (Å²) in [6.45, 7) is 8.37. The molecule has 17 heavy (non-hydrogen) atoms. The number of nitrogens with one attached hydrogen (secondary N) is 1. The van der Waals surface area contributed by atoms with Crippen molar-refractivity contribution in [1.29, 1.82) is 0 Å². The summed E-state index contributed by atoms with van der Waals surface area (Å²) in [5.41, 5.74) is 4.39. The van der Waals surface area contributed by atoms with Gasteiger partial charge >= 0.3 is 0 Å². The van der Waals surface area contributed by atoms with Crippen molar-refractivity contribution in [3.05, 3.63) is 41.5 Å². The van der Waals surface area contributed by atoms with E-state index in [1.54, 1.807) is 0 Å². The van der Waals surface area contributed by atoms with Crippen molar-refractivity contribution in [3.8, 4) is 0 Å². The normalized spacial score (nSPS) is 14.6. The molecule has 1 aliphatic rings. The average molecular weight is 231 g/mol. The number of aryl methyl sites for hydroxylation is 1. The van der Waals surface area contributed by atoms with E-state index in [1.807, 2.05) is 13.8 Å². The molecule has 94 valence electrons. The van der Waals surface area contributed by atoms with E-state index in [0.717, 1.165) is 19.5 Å². The summed E-state index contributed by atoms with van der Waals surface area (Å²) in [7, 11) is 0. The van der Waals surface area contributed by atoms with Crippen molar-refractivity contribution in [3.63, 3.8) is 0 Å². The molecule has 0 spiro atoms. The zero-order chi connectivity index (χ0) is 12.5. The first-order valence-corrected chi connectivity index (χ1v) is 6.89. The van der Waals surface area contributed by atoms with E-state index < -0.39 is 0 Å². The summed E-state index contributed by atoms with van der Waals surface area (Å²) in [5.74, 6) is 0. The van der Waals surface area contributed by atoms with Gasteiger partial charge in [0, 0.05) is 6.54 Å². The summed E-state index contributed by atoms with van der Waals surface area (Å²) in [6, 6.07) is 8.99. The monoisotopic (exact) mass is 231 g/mol. The second-order valence-electron chi connectivity index (χ2n) is 4.13. The van der Waals surface area contributed by atoms with Gasteiger partial charge in [-0.2, -0.15) is 0 Å². The van der Waals surface area contributed by atoms with Crippen LogP contribution in [0.25, 0.3) is 5.57 Å². The first-order chi connectivity index (χ1) is 8.40. The molecule has 1 heteroatoms. The maximum absolute atomic E-state index is 3.35. The Morgan fingerprint density at radius 3 is 2.71 bits per heavy atom. The maximum atomic E-state index is 3.35. The van der Waals surface area contributed by atoms with Gasteiger partial charge in [0.1, 0.15) is 0 Å². The molecule has 1 aromatic carbocycles. The first kappa shape index (κ1) is 14.0. The predicted octanol–water partition coefficient (Wildman–Crippen LogP) is 4.04. The number of rotatable bonds is 3. The lowest BCUT2D eigenvalue weighted by molar-refractivity contribution is 0.738. The standard InChI is InChI=1S/C14H19N.C2H6/c1-2-4-12-5-3-6-14(11-12)13-7-9-15-10-8-13;1-2/h3,5-7,11,15H,2,4,8-10H2,1H3;1-2H3. The van der Waals surface area contributed by atoms with Crippen molar-refractivity contribution >= 4 is 5.57 Å². The van der Waals surface area contributed by atoms with E-state index in [9.17, 15) is 0 Å². The third-order valence-electron chi connectivity index (χ3n) is 2.90. The lowest BCUT2D eigenvalue weighted by atomic mass is 9.97. The van der Waals surface area contributed by atoms with E-state index >= 15 is 0 Å². The van der Waals surface area contributed by atoms with Gasteiger partial charge in [0.15, 0.2) is 0 Å². The molecule has 2 rings (SSSR count). The number of hydrogen-bond donors (Lipinski definition) is 1. The van der Waals surface area contributed by atoms with E-state index in [-0.39, 0.29) is 0 Å². The molecule has 0 amide bonds. The minimum atomic E-state index is 1.02. The van der Waals surface area contributed by atoms with Crippen molar-refractivity contribution < 1.29 is 0 Å². The minimum Gasteiger partial charge on any atom is -0.313 e. The molecule has 1 heterocycles. The van der Waals surface area contributed by atoms with Gasteiger partial charge in [0.05, 0.1) is 0 Å². The Morgan fingerprint density at radius 2 is 2.06 bits per heavy atom. The molecule has 0 atom stereocenters. The summed E-state index contributed by atoms with van der Waals surface area (Å²) in [6.07, 6.45) is 5.90. The van der Waals surface area contributed by atoms with Crippen molar-refractivity contribution in [1.82, 2.24) is 5.32 Å². The summed E-state index contributed by atoms with van der Waals surface area (Å²) < 4.78 is 0. The topological polar surface area (TPSA) is 12.0 Å². The van der Waals surface area contributed by atoms with Gasteiger partial charge in [0.2, 0.25) is 0 Å². The zero-order valence-electron chi connectivity index (χ0n) is 11.4. The smallest absolute Gasteiger partial charge is 0.0140 e. The van der Waals surface area contributed by atoms with Crippen LogP contribution in [0.15, 0.2) is 30.3 Å². The van der Waals surface area contributed by atoms with Gasteiger partial charge in [-0.1, -0.05) is 57.5 Å². The highest BCUT2D eigenvalue weighted by Crippen LogP contribution is 2.20. The van der Waals surface area contributed by atoms with Crippen molar-refractivity contribution in [2.45, 2.75) is 40.0 Å². The van der Waals surface area contributed by atoms with E-state index in [4.69, 9.17) is 0 Å². The van der Waals surface area contributed by atoms with Gasteiger partial charge in [-0.25, -0.2) is 0 Å². The van der Waals surface area contributed by atoms with Crippen LogP contribution in [-0.2, 0) is 6.42 Å². The first-order valence-electron chi connectivity index (χ1n) is 6.89. The van der Waals surface area contributed by atoms with Crippen molar-refractivity contribution in [2.75, 3.05) is 13.1 Å². The van der Waals surface area contributed by atoms with Gasteiger partial charge in [0.25, 0.3) is 0 Å². The molecule has 0 fully saturated rings. The minimum absolute atomic E-state index is 1.02. The second kappa shape index (κ2) is 8.08. The molecule has 0 radical (unpaired) electrons. The van der Waals surface area contributed by atoms with Gasteiger partial charge < -0.3 is 5.32 Å². The highest BCUT2D eigenvalue weighted by Gasteiger charge is 2.05. The predicted molar refractivity (Wildman–Crippen MR) is 77.2 cm³/mol. The summed E-state index contributed by atoms with van der Waals surface area (Å²) in [4.78, 5) is 0. The number of benzene rings is 1. The molecule has 1 N–H and O–H groups in total. The third kappa shape index (κ3) is 4.35.